The third-order valence-corrected chi connectivity index (χ3v) is 3.60. The van der Waals surface area contributed by atoms with Crippen molar-refractivity contribution in [2.75, 3.05) is 20.3 Å². The second-order valence-corrected chi connectivity index (χ2v) is 5.24. The summed E-state index contributed by atoms with van der Waals surface area (Å²) in [6.45, 7) is 4.61. The zero-order valence-corrected chi connectivity index (χ0v) is 11.4. The topological polar surface area (TPSA) is 52.0 Å². The van der Waals surface area contributed by atoms with Gasteiger partial charge in [0.05, 0.1) is 19.2 Å². The fourth-order valence-corrected chi connectivity index (χ4v) is 2.58. The Morgan fingerprint density at radius 2 is 2.39 bits per heavy atom. The Kier molecular flexibility index (Phi) is 5.13. The van der Waals surface area contributed by atoms with Gasteiger partial charge in [-0.25, -0.2) is 9.67 Å². The summed E-state index contributed by atoms with van der Waals surface area (Å²) in [6, 6.07) is 0.550. The van der Waals surface area contributed by atoms with Gasteiger partial charge in [0.1, 0.15) is 6.33 Å². The summed E-state index contributed by atoms with van der Waals surface area (Å²) in [5, 5.41) is 7.83. The van der Waals surface area contributed by atoms with Crippen LogP contribution in [0.1, 0.15) is 44.5 Å². The van der Waals surface area contributed by atoms with E-state index in [1.54, 1.807) is 7.11 Å². The van der Waals surface area contributed by atoms with Crippen molar-refractivity contribution >= 4 is 0 Å². The van der Waals surface area contributed by atoms with Gasteiger partial charge in [0.2, 0.25) is 0 Å². The van der Waals surface area contributed by atoms with E-state index >= 15 is 0 Å². The Balaban J connectivity index is 1.81. The van der Waals surface area contributed by atoms with Gasteiger partial charge in [0, 0.05) is 13.7 Å². The predicted molar refractivity (Wildman–Crippen MR) is 70.3 cm³/mol. The lowest BCUT2D eigenvalue weighted by Gasteiger charge is -2.26. The molecule has 2 unspecified atom stereocenters. The van der Waals surface area contributed by atoms with Crippen LogP contribution in [0.2, 0.25) is 0 Å². The highest BCUT2D eigenvalue weighted by Gasteiger charge is 2.21. The molecule has 1 aliphatic carbocycles. The Bertz CT molecular complexity index is 353. The Morgan fingerprint density at radius 1 is 1.50 bits per heavy atom. The Hall–Kier alpha value is -0.940. The van der Waals surface area contributed by atoms with Gasteiger partial charge in [-0.05, 0) is 18.8 Å². The summed E-state index contributed by atoms with van der Waals surface area (Å²) in [4.78, 5) is 4.36. The van der Waals surface area contributed by atoms with E-state index in [0.717, 1.165) is 31.4 Å². The van der Waals surface area contributed by atoms with Crippen molar-refractivity contribution in [2.45, 2.75) is 45.2 Å². The molecule has 1 heterocycles. The zero-order valence-electron chi connectivity index (χ0n) is 11.4. The molecule has 0 aliphatic heterocycles. The lowest BCUT2D eigenvalue weighted by molar-refractivity contribution is 0.199. The molecule has 0 bridgehead atoms. The van der Waals surface area contributed by atoms with Gasteiger partial charge in [0.15, 0.2) is 5.82 Å². The predicted octanol–water partition coefficient (Wildman–Crippen LogP) is 1.77. The minimum absolute atomic E-state index is 0.550. The van der Waals surface area contributed by atoms with Crippen LogP contribution in [0, 0.1) is 5.92 Å². The minimum Gasteiger partial charge on any atom is -0.383 e. The van der Waals surface area contributed by atoms with Gasteiger partial charge in [-0.3, -0.25) is 0 Å². The molecule has 5 nitrogen and oxygen atoms in total. The van der Waals surface area contributed by atoms with Crippen molar-refractivity contribution in [1.29, 1.82) is 0 Å². The SMILES string of the molecule is COCCNCc1ncn(C2CCCC(C)C2)n1. The van der Waals surface area contributed by atoms with Gasteiger partial charge < -0.3 is 10.1 Å². The van der Waals surface area contributed by atoms with Crippen molar-refractivity contribution in [2.24, 2.45) is 5.92 Å². The monoisotopic (exact) mass is 252 g/mol. The molecule has 1 N–H and O–H groups in total. The molecule has 1 aromatic heterocycles. The second-order valence-electron chi connectivity index (χ2n) is 5.24. The fraction of sp³-hybridized carbons (Fsp3) is 0.846. The smallest absolute Gasteiger partial charge is 0.164 e. The lowest BCUT2D eigenvalue weighted by atomic mass is 9.87. The quantitative estimate of drug-likeness (QED) is 0.784. The average Bonchev–Trinajstić information content (AvgIpc) is 2.83. The van der Waals surface area contributed by atoms with Gasteiger partial charge >= 0.3 is 0 Å². The summed E-state index contributed by atoms with van der Waals surface area (Å²) in [5.41, 5.74) is 0. The molecule has 2 atom stereocenters. The molecule has 102 valence electrons. The highest BCUT2D eigenvalue weighted by molar-refractivity contribution is 4.84. The first-order valence-corrected chi connectivity index (χ1v) is 6.89. The standard InChI is InChI=1S/C13H24N4O/c1-11-4-3-5-12(8-11)17-10-15-13(16-17)9-14-6-7-18-2/h10-12,14H,3-9H2,1-2H3. The number of aromatic nitrogens is 3. The van der Waals surface area contributed by atoms with Crippen molar-refractivity contribution in [3.05, 3.63) is 12.2 Å². The van der Waals surface area contributed by atoms with E-state index in [9.17, 15) is 0 Å². The maximum atomic E-state index is 4.98. The van der Waals surface area contributed by atoms with Crippen molar-refractivity contribution in [3.63, 3.8) is 0 Å². The van der Waals surface area contributed by atoms with Crippen molar-refractivity contribution in [1.82, 2.24) is 20.1 Å². The number of nitrogens with zero attached hydrogens (tertiary/aromatic N) is 3. The molecule has 0 saturated heterocycles. The lowest BCUT2D eigenvalue weighted by Crippen LogP contribution is -2.20. The minimum atomic E-state index is 0.550. The first kappa shape index (κ1) is 13.5. The number of ether oxygens (including phenoxy) is 1. The zero-order chi connectivity index (χ0) is 12.8. The van der Waals surface area contributed by atoms with E-state index in [0.29, 0.717) is 6.04 Å². The van der Waals surface area contributed by atoms with Crippen LogP contribution in [0.3, 0.4) is 0 Å². The largest absolute Gasteiger partial charge is 0.383 e. The molecule has 18 heavy (non-hydrogen) atoms. The van der Waals surface area contributed by atoms with Crippen LogP contribution in [0.4, 0.5) is 0 Å². The summed E-state index contributed by atoms with van der Waals surface area (Å²) in [6.07, 6.45) is 7.03. The average molecular weight is 252 g/mol. The van der Waals surface area contributed by atoms with Crippen molar-refractivity contribution < 1.29 is 4.74 Å². The van der Waals surface area contributed by atoms with E-state index in [2.05, 4.69) is 27.0 Å². The highest BCUT2D eigenvalue weighted by atomic mass is 16.5. The number of methoxy groups -OCH3 is 1. The van der Waals surface area contributed by atoms with Gasteiger partial charge in [-0.2, -0.15) is 5.10 Å². The first-order chi connectivity index (χ1) is 8.79. The third kappa shape index (κ3) is 3.78. The molecule has 0 amide bonds. The van der Waals surface area contributed by atoms with E-state index in [1.807, 2.05) is 6.33 Å². The Morgan fingerprint density at radius 3 is 3.17 bits per heavy atom. The van der Waals surface area contributed by atoms with Gasteiger partial charge in [0.25, 0.3) is 0 Å². The molecular formula is C13H24N4O. The molecule has 1 aromatic rings. The highest BCUT2D eigenvalue weighted by Crippen LogP contribution is 2.31. The van der Waals surface area contributed by atoms with Crippen molar-refractivity contribution in [3.8, 4) is 0 Å². The van der Waals surface area contributed by atoms with Crippen LogP contribution in [0.5, 0.6) is 0 Å². The molecule has 0 spiro atoms. The van der Waals surface area contributed by atoms with Crippen LogP contribution in [0.25, 0.3) is 0 Å². The second kappa shape index (κ2) is 6.85. The summed E-state index contributed by atoms with van der Waals surface area (Å²) < 4.78 is 7.04. The number of hydrogen-bond donors (Lipinski definition) is 1. The number of hydrogen-bond acceptors (Lipinski definition) is 4. The number of nitrogens with one attached hydrogen (secondary N) is 1. The molecule has 2 rings (SSSR count). The molecule has 5 heteroatoms. The molecular weight excluding hydrogens is 228 g/mol. The third-order valence-electron chi connectivity index (χ3n) is 3.60. The van der Waals surface area contributed by atoms with Crippen LogP contribution in [-0.4, -0.2) is 35.0 Å². The molecule has 1 saturated carbocycles. The molecule has 1 aliphatic rings. The number of rotatable bonds is 6. The van der Waals surface area contributed by atoms with Crippen LogP contribution < -0.4 is 5.32 Å². The summed E-state index contributed by atoms with van der Waals surface area (Å²) in [5.74, 6) is 1.69. The van der Waals surface area contributed by atoms with E-state index in [-0.39, 0.29) is 0 Å². The van der Waals surface area contributed by atoms with Gasteiger partial charge in [-0.1, -0.05) is 19.8 Å². The maximum absolute atomic E-state index is 4.98. The Labute approximate surface area is 109 Å². The molecule has 0 aromatic carbocycles. The fourth-order valence-electron chi connectivity index (χ4n) is 2.58. The van der Waals surface area contributed by atoms with E-state index in [4.69, 9.17) is 4.74 Å². The maximum Gasteiger partial charge on any atom is 0.164 e. The van der Waals surface area contributed by atoms with Crippen LogP contribution in [-0.2, 0) is 11.3 Å². The van der Waals surface area contributed by atoms with E-state index in [1.165, 1.54) is 25.7 Å². The van der Waals surface area contributed by atoms with Crippen LogP contribution >= 0.6 is 0 Å². The van der Waals surface area contributed by atoms with E-state index < -0.39 is 0 Å². The molecule has 1 fully saturated rings. The summed E-state index contributed by atoms with van der Waals surface area (Å²) in [7, 11) is 1.71. The molecule has 0 radical (unpaired) electrons. The summed E-state index contributed by atoms with van der Waals surface area (Å²) >= 11 is 0. The first-order valence-electron chi connectivity index (χ1n) is 6.89. The normalized spacial score (nSPS) is 24.3. The van der Waals surface area contributed by atoms with Gasteiger partial charge in [-0.15, -0.1) is 0 Å². The van der Waals surface area contributed by atoms with Crippen LogP contribution in [0.15, 0.2) is 6.33 Å².